The van der Waals surface area contributed by atoms with E-state index in [0.717, 1.165) is 5.56 Å². The van der Waals surface area contributed by atoms with Gasteiger partial charge in [-0.1, -0.05) is 24.3 Å². The number of carbonyl (C=O) groups is 2. The number of hydrogen-bond donors (Lipinski definition) is 1. The molecule has 3 aromatic carbocycles. The molecule has 1 aliphatic rings. The highest BCUT2D eigenvalue weighted by Crippen LogP contribution is 2.15. The normalized spacial score (nSPS) is 13.7. The van der Waals surface area contributed by atoms with Gasteiger partial charge < -0.3 is 9.80 Å². The van der Waals surface area contributed by atoms with E-state index >= 15 is 0 Å². The van der Waals surface area contributed by atoms with E-state index in [9.17, 15) is 23.6 Å². The standard InChI is InChI=1S/C27H23FN4O4/c28-21-10-8-19(9-11-21)25(34)30-12-14-31(15-13-30)26(35)20-5-3-4-18(16-20)17-32-23-7-2-1-6-22(23)24(33)29-27(32)36/h1-11,16H,12-15,17H2,(H,29,33,36). The first-order chi connectivity index (χ1) is 17.4. The zero-order valence-electron chi connectivity index (χ0n) is 19.3. The number of rotatable bonds is 4. The first kappa shape index (κ1) is 23.2. The molecular weight excluding hydrogens is 463 g/mol. The van der Waals surface area contributed by atoms with Crippen molar-refractivity contribution in [3.05, 3.63) is 116 Å². The smallest absolute Gasteiger partial charge is 0.329 e. The average Bonchev–Trinajstić information content (AvgIpc) is 2.91. The Balaban J connectivity index is 1.30. The molecule has 0 radical (unpaired) electrons. The lowest BCUT2D eigenvalue weighted by atomic mass is 10.1. The zero-order chi connectivity index (χ0) is 25.2. The lowest BCUT2D eigenvalue weighted by molar-refractivity contribution is 0.0535. The number of para-hydroxylation sites is 1. The number of H-pyrrole nitrogens is 1. The molecule has 5 rings (SSSR count). The number of piperazine rings is 1. The predicted molar refractivity (Wildman–Crippen MR) is 133 cm³/mol. The molecule has 4 aromatic rings. The number of aromatic nitrogens is 2. The second-order valence-electron chi connectivity index (χ2n) is 8.65. The van der Waals surface area contributed by atoms with Crippen LogP contribution in [0.25, 0.3) is 10.9 Å². The number of aromatic amines is 1. The van der Waals surface area contributed by atoms with Gasteiger partial charge in [-0.3, -0.25) is 23.9 Å². The van der Waals surface area contributed by atoms with Gasteiger partial charge in [-0.25, -0.2) is 9.18 Å². The molecule has 0 atom stereocenters. The lowest BCUT2D eigenvalue weighted by Crippen LogP contribution is -2.50. The summed E-state index contributed by atoms with van der Waals surface area (Å²) >= 11 is 0. The molecule has 2 amide bonds. The second kappa shape index (κ2) is 9.61. The van der Waals surface area contributed by atoms with E-state index in [1.54, 1.807) is 52.3 Å². The quantitative estimate of drug-likeness (QED) is 0.480. The van der Waals surface area contributed by atoms with E-state index in [4.69, 9.17) is 0 Å². The van der Waals surface area contributed by atoms with Gasteiger partial charge in [0.2, 0.25) is 0 Å². The summed E-state index contributed by atoms with van der Waals surface area (Å²) in [5, 5.41) is 0.414. The maximum Gasteiger partial charge on any atom is 0.329 e. The summed E-state index contributed by atoms with van der Waals surface area (Å²) in [5.74, 6) is -0.755. The molecule has 1 N–H and O–H groups in total. The monoisotopic (exact) mass is 486 g/mol. The van der Waals surface area contributed by atoms with Crippen molar-refractivity contribution in [3.63, 3.8) is 0 Å². The molecule has 182 valence electrons. The van der Waals surface area contributed by atoms with Crippen LogP contribution in [0.4, 0.5) is 4.39 Å². The van der Waals surface area contributed by atoms with Crippen molar-refractivity contribution in [1.29, 1.82) is 0 Å². The highest BCUT2D eigenvalue weighted by atomic mass is 19.1. The number of fused-ring (bicyclic) bond motifs is 1. The largest absolute Gasteiger partial charge is 0.335 e. The molecule has 0 saturated carbocycles. The van der Waals surface area contributed by atoms with E-state index in [1.807, 2.05) is 6.07 Å². The van der Waals surface area contributed by atoms with Gasteiger partial charge >= 0.3 is 5.69 Å². The topological polar surface area (TPSA) is 95.5 Å². The van der Waals surface area contributed by atoms with Crippen molar-refractivity contribution in [3.8, 4) is 0 Å². The second-order valence-corrected chi connectivity index (χ2v) is 8.65. The van der Waals surface area contributed by atoms with E-state index < -0.39 is 17.1 Å². The summed E-state index contributed by atoms with van der Waals surface area (Å²) in [4.78, 5) is 56.2. The van der Waals surface area contributed by atoms with E-state index in [0.29, 0.717) is 48.2 Å². The van der Waals surface area contributed by atoms with Crippen molar-refractivity contribution in [2.75, 3.05) is 26.2 Å². The Kier molecular flexibility index (Phi) is 6.20. The molecule has 0 unspecified atom stereocenters. The summed E-state index contributed by atoms with van der Waals surface area (Å²) in [6, 6.07) is 19.3. The van der Waals surface area contributed by atoms with E-state index in [1.165, 1.54) is 28.8 Å². The fourth-order valence-electron chi connectivity index (χ4n) is 4.45. The van der Waals surface area contributed by atoms with Crippen LogP contribution >= 0.6 is 0 Å². The fraction of sp³-hybridized carbons (Fsp3) is 0.185. The third kappa shape index (κ3) is 4.55. The average molecular weight is 487 g/mol. The molecule has 0 bridgehead atoms. The summed E-state index contributed by atoms with van der Waals surface area (Å²) in [6.45, 7) is 1.69. The Morgan fingerprint density at radius 2 is 1.42 bits per heavy atom. The summed E-state index contributed by atoms with van der Waals surface area (Å²) in [6.07, 6.45) is 0. The van der Waals surface area contributed by atoms with Crippen LogP contribution in [0.15, 0.2) is 82.4 Å². The molecule has 36 heavy (non-hydrogen) atoms. The molecule has 1 aliphatic heterocycles. The number of carbonyl (C=O) groups excluding carboxylic acids is 2. The molecule has 1 fully saturated rings. The van der Waals surface area contributed by atoms with Crippen LogP contribution in [0.5, 0.6) is 0 Å². The number of halogens is 1. The number of amides is 2. The van der Waals surface area contributed by atoms with Gasteiger partial charge in [0.25, 0.3) is 17.4 Å². The van der Waals surface area contributed by atoms with Crippen LogP contribution in [0.2, 0.25) is 0 Å². The fourth-order valence-corrected chi connectivity index (χ4v) is 4.45. The zero-order valence-corrected chi connectivity index (χ0v) is 19.3. The van der Waals surface area contributed by atoms with Crippen LogP contribution in [0, 0.1) is 5.82 Å². The van der Waals surface area contributed by atoms with E-state index in [-0.39, 0.29) is 18.4 Å². The number of hydrogen-bond acceptors (Lipinski definition) is 4. The minimum Gasteiger partial charge on any atom is -0.335 e. The van der Waals surface area contributed by atoms with Crippen LogP contribution in [0.1, 0.15) is 26.3 Å². The van der Waals surface area contributed by atoms with Crippen LogP contribution in [0.3, 0.4) is 0 Å². The predicted octanol–water partition coefficient (Wildman–Crippen LogP) is 2.48. The van der Waals surface area contributed by atoms with Crippen molar-refractivity contribution in [2.45, 2.75) is 6.54 Å². The van der Waals surface area contributed by atoms with Gasteiger partial charge in [0.05, 0.1) is 17.4 Å². The molecule has 1 saturated heterocycles. The minimum absolute atomic E-state index is 0.163. The van der Waals surface area contributed by atoms with Crippen LogP contribution in [-0.2, 0) is 6.54 Å². The molecule has 9 heteroatoms. The summed E-state index contributed by atoms with van der Waals surface area (Å²) in [5.41, 5.74) is 1.20. The molecule has 0 aliphatic carbocycles. The Hall–Kier alpha value is -4.53. The molecule has 2 heterocycles. The third-order valence-corrected chi connectivity index (χ3v) is 6.36. The third-order valence-electron chi connectivity index (χ3n) is 6.36. The minimum atomic E-state index is -0.516. The highest BCUT2D eigenvalue weighted by Gasteiger charge is 2.25. The maximum absolute atomic E-state index is 13.2. The van der Waals surface area contributed by atoms with Crippen LogP contribution in [-0.4, -0.2) is 57.3 Å². The van der Waals surface area contributed by atoms with Crippen molar-refractivity contribution < 1.29 is 14.0 Å². The highest BCUT2D eigenvalue weighted by molar-refractivity contribution is 5.96. The van der Waals surface area contributed by atoms with Gasteiger partial charge in [0, 0.05) is 37.3 Å². The van der Waals surface area contributed by atoms with Gasteiger partial charge in [-0.15, -0.1) is 0 Å². The lowest BCUT2D eigenvalue weighted by Gasteiger charge is -2.35. The van der Waals surface area contributed by atoms with Crippen molar-refractivity contribution in [1.82, 2.24) is 19.4 Å². The van der Waals surface area contributed by atoms with Gasteiger partial charge in [-0.2, -0.15) is 0 Å². The number of nitrogens with zero attached hydrogens (tertiary/aromatic N) is 3. The summed E-state index contributed by atoms with van der Waals surface area (Å²) in [7, 11) is 0. The first-order valence-electron chi connectivity index (χ1n) is 11.6. The first-order valence-corrected chi connectivity index (χ1v) is 11.6. The Labute approximate surface area is 205 Å². The van der Waals surface area contributed by atoms with Gasteiger partial charge in [-0.05, 0) is 54.1 Å². The van der Waals surface area contributed by atoms with Gasteiger partial charge in [0.15, 0.2) is 0 Å². The summed E-state index contributed by atoms with van der Waals surface area (Å²) < 4.78 is 14.6. The number of benzene rings is 3. The molecule has 1 aromatic heterocycles. The van der Waals surface area contributed by atoms with Crippen LogP contribution < -0.4 is 11.2 Å². The Morgan fingerprint density at radius 1 is 0.778 bits per heavy atom. The van der Waals surface area contributed by atoms with Gasteiger partial charge in [0.1, 0.15) is 5.82 Å². The SMILES string of the molecule is O=C(c1ccc(F)cc1)N1CCN(C(=O)c2cccc(Cn3c(=O)[nH]c(=O)c4ccccc43)c2)CC1. The Morgan fingerprint density at radius 3 is 2.11 bits per heavy atom. The molecular formula is C27H23FN4O4. The number of nitrogens with one attached hydrogen (secondary N) is 1. The molecule has 0 spiro atoms. The van der Waals surface area contributed by atoms with E-state index in [2.05, 4.69) is 4.98 Å². The van der Waals surface area contributed by atoms with Crippen molar-refractivity contribution in [2.24, 2.45) is 0 Å². The Bertz CT molecular complexity index is 1570. The molecule has 8 nitrogen and oxygen atoms in total. The maximum atomic E-state index is 13.2. The van der Waals surface area contributed by atoms with Crippen molar-refractivity contribution >= 4 is 22.7 Å².